The fraction of sp³-hybridized carbons (Fsp3) is 0.455. The van der Waals surface area contributed by atoms with Gasteiger partial charge >= 0.3 is 6.09 Å². The number of ether oxygens (including phenoxy) is 1. The molecule has 4 nitrogen and oxygen atoms in total. The van der Waals surface area contributed by atoms with Crippen LogP contribution >= 0.6 is 11.6 Å². The highest BCUT2D eigenvalue weighted by molar-refractivity contribution is 6.29. The Morgan fingerprint density at radius 2 is 2.06 bits per heavy atom. The summed E-state index contributed by atoms with van der Waals surface area (Å²) in [5.74, 6) is 0.253. The van der Waals surface area contributed by atoms with E-state index >= 15 is 0 Å². The Bertz CT molecular complexity index is 378. The van der Waals surface area contributed by atoms with E-state index in [1.807, 2.05) is 0 Å². The first-order valence-electron chi connectivity index (χ1n) is 5.35. The summed E-state index contributed by atoms with van der Waals surface area (Å²) in [6.07, 6.45) is 2.92. The molecule has 86 valence electrons. The number of piperidine rings is 1. The predicted molar refractivity (Wildman–Crippen MR) is 60.7 cm³/mol. The van der Waals surface area contributed by atoms with Crippen LogP contribution in [-0.2, 0) is 0 Å². The average Bonchev–Trinajstić information content (AvgIpc) is 2.30. The maximum atomic E-state index is 11.7. The van der Waals surface area contributed by atoms with Crippen LogP contribution in [-0.4, -0.2) is 29.1 Å². The summed E-state index contributed by atoms with van der Waals surface area (Å²) >= 11 is 5.70. The Labute approximate surface area is 99.2 Å². The number of carbonyl (C=O) groups excluding carboxylic acids is 1. The zero-order valence-corrected chi connectivity index (χ0v) is 9.61. The highest BCUT2D eigenvalue weighted by atomic mass is 35.5. The molecule has 0 atom stereocenters. The molecule has 2 heterocycles. The van der Waals surface area contributed by atoms with Crippen molar-refractivity contribution in [2.45, 2.75) is 19.3 Å². The van der Waals surface area contributed by atoms with E-state index < -0.39 is 0 Å². The van der Waals surface area contributed by atoms with E-state index in [9.17, 15) is 4.79 Å². The number of amides is 1. The molecule has 1 aliphatic heterocycles. The van der Waals surface area contributed by atoms with Gasteiger partial charge in [-0.25, -0.2) is 9.78 Å². The van der Waals surface area contributed by atoms with Gasteiger partial charge in [-0.15, -0.1) is 0 Å². The number of aromatic nitrogens is 1. The number of rotatable bonds is 1. The van der Waals surface area contributed by atoms with Gasteiger partial charge < -0.3 is 9.64 Å². The molecule has 0 saturated carbocycles. The average molecular weight is 241 g/mol. The van der Waals surface area contributed by atoms with E-state index in [2.05, 4.69) is 4.98 Å². The number of pyridine rings is 1. The van der Waals surface area contributed by atoms with Gasteiger partial charge in [0.1, 0.15) is 5.15 Å². The number of hydrogen-bond acceptors (Lipinski definition) is 3. The van der Waals surface area contributed by atoms with Crippen LogP contribution in [0.2, 0.25) is 5.15 Å². The SMILES string of the molecule is O=C(Oc1cccc(Cl)n1)N1CCCCC1. The van der Waals surface area contributed by atoms with E-state index in [4.69, 9.17) is 16.3 Å². The van der Waals surface area contributed by atoms with Gasteiger partial charge in [-0.05, 0) is 25.3 Å². The highest BCUT2D eigenvalue weighted by Crippen LogP contribution is 2.14. The molecule has 1 saturated heterocycles. The third-order valence-corrected chi connectivity index (χ3v) is 2.71. The van der Waals surface area contributed by atoms with Crippen molar-refractivity contribution in [3.05, 3.63) is 23.4 Å². The smallest absolute Gasteiger partial charge is 0.391 e. The van der Waals surface area contributed by atoms with Crippen LogP contribution in [0.3, 0.4) is 0 Å². The van der Waals surface area contributed by atoms with E-state index in [1.54, 1.807) is 23.1 Å². The molecular weight excluding hydrogens is 228 g/mol. The first-order chi connectivity index (χ1) is 7.75. The second-order valence-corrected chi connectivity index (χ2v) is 4.10. The molecule has 1 aromatic heterocycles. The molecule has 0 unspecified atom stereocenters. The first kappa shape index (κ1) is 11.2. The van der Waals surface area contributed by atoms with E-state index in [1.165, 1.54) is 6.42 Å². The van der Waals surface area contributed by atoms with Gasteiger partial charge in [0.15, 0.2) is 0 Å². The molecule has 0 bridgehead atoms. The monoisotopic (exact) mass is 240 g/mol. The van der Waals surface area contributed by atoms with Crippen molar-refractivity contribution < 1.29 is 9.53 Å². The lowest BCUT2D eigenvalue weighted by molar-refractivity contribution is 0.141. The van der Waals surface area contributed by atoms with Crippen LogP contribution in [0.15, 0.2) is 18.2 Å². The second-order valence-electron chi connectivity index (χ2n) is 3.71. The Morgan fingerprint density at radius 3 is 2.75 bits per heavy atom. The summed E-state index contributed by atoms with van der Waals surface area (Å²) in [5, 5.41) is 0.323. The van der Waals surface area contributed by atoms with Crippen molar-refractivity contribution >= 4 is 17.7 Å². The summed E-state index contributed by atoms with van der Waals surface area (Å²) in [4.78, 5) is 17.3. The van der Waals surface area contributed by atoms with Crippen molar-refractivity contribution in [2.75, 3.05) is 13.1 Å². The van der Waals surface area contributed by atoms with Gasteiger partial charge in [0.2, 0.25) is 5.88 Å². The van der Waals surface area contributed by atoms with Crippen LogP contribution in [0, 0.1) is 0 Å². The minimum Gasteiger partial charge on any atom is -0.391 e. The molecule has 0 N–H and O–H groups in total. The van der Waals surface area contributed by atoms with Gasteiger partial charge in [0.05, 0.1) is 0 Å². The zero-order chi connectivity index (χ0) is 11.4. The first-order valence-corrected chi connectivity index (χ1v) is 5.73. The maximum Gasteiger partial charge on any atom is 0.416 e. The fourth-order valence-electron chi connectivity index (χ4n) is 1.68. The molecule has 1 fully saturated rings. The van der Waals surface area contributed by atoms with Crippen molar-refractivity contribution in [3.63, 3.8) is 0 Å². The van der Waals surface area contributed by atoms with Gasteiger partial charge in [-0.2, -0.15) is 0 Å². The van der Waals surface area contributed by atoms with Gasteiger partial charge in [-0.1, -0.05) is 17.7 Å². The summed E-state index contributed by atoms with van der Waals surface area (Å²) in [7, 11) is 0. The van der Waals surface area contributed by atoms with Gasteiger partial charge in [-0.3, -0.25) is 0 Å². The Kier molecular flexibility index (Phi) is 3.62. The molecule has 1 aromatic rings. The van der Waals surface area contributed by atoms with Crippen molar-refractivity contribution in [3.8, 4) is 5.88 Å². The van der Waals surface area contributed by atoms with Crippen molar-refractivity contribution in [2.24, 2.45) is 0 Å². The molecule has 0 aliphatic carbocycles. The summed E-state index contributed by atoms with van der Waals surface area (Å²) in [6.45, 7) is 1.53. The molecule has 1 amide bonds. The van der Waals surface area contributed by atoms with E-state index in [-0.39, 0.29) is 12.0 Å². The Hall–Kier alpha value is -1.29. The summed E-state index contributed by atoms with van der Waals surface area (Å²) < 4.78 is 5.13. The van der Waals surface area contributed by atoms with Crippen LogP contribution in [0.5, 0.6) is 5.88 Å². The van der Waals surface area contributed by atoms with Crippen LogP contribution in [0.25, 0.3) is 0 Å². The van der Waals surface area contributed by atoms with Crippen LogP contribution in [0.4, 0.5) is 4.79 Å². The largest absolute Gasteiger partial charge is 0.416 e. The lowest BCUT2D eigenvalue weighted by Crippen LogP contribution is -2.37. The van der Waals surface area contributed by atoms with Crippen molar-refractivity contribution in [1.82, 2.24) is 9.88 Å². The molecular formula is C11H13ClN2O2. The third kappa shape index (κ3) is 2.85. The third-order valence-electron chi connectivity index (χ3n) is 2.50. The normalized spacial score (nSPS) is 15.9. The molecule has 0 aromatic carbocycles. The molecule has 0 spiro atoms. The molecule has 1 aliphatic rings. The Balaban J connectivity index is 1.96. The number of hydrogen-bond donors (Lipinski definition) is 0. The lowest BCUT2D eigenvalue weighted by Gasteiger charge is -2.25. The minimum absolute atomic E-state index is 0.253. The topological polar surface area (TPSA) is 42.4 Å². The zero-order valence-electron chi connectivity index (χ0n) is 8.86. The number of nitrogens with zero attached hydrogens (tertiary/aromatic N) is 2. The Morgan fingerprint density at radius 1 is 1.31 bits per heavy atom. The van der Waals surface area contributed by atoms with E-state index in [0.29, 0.717) is 5.15 Å². The molecule has 2 rings (SSSR count). The van der Waals surface area contributed by atoms with Gasteiger partial charge in [0, 0.05) is 19.2 Å². The predicted octanol–water partition coefficient (Wildman–Crippen LogP) is 2.72. The van der Waals surface area contributed by atoms with E-state index in [0.717, 1.165) is 25.9 Å². The highest BCUT2D eigenvalue weighted by Gasteiger charge is 2.18. The maximum absolute atomic E-state index is 11.7. The standard InChI is InChI=1S/C11H13ClN2O2/c12-9-5-4-6-10(13-9)16-11(15)14-7-2-1-3-8-14/h4-6H,1-3,7-8H2. The molecule has 16 heavy (non-hydrogen) atoms. The fourth-order valence-corrected chi connectivity index (χ4v) is 1.83. The van der Waals surface area contributed by atoms with Crippen molar-refractivity contribution in [1.29, 1.82) is 0 Å². The van der Waals surface area contributed by atoms with Crippen LogP contribution < -0.4 is 4.74 Å². The van der Waals surface area contributed by atoms with Gasteiger partial charge in [0.25, 0.3) is 0 Å². The quantitative estimate of drug-likeness (QED) is 0.709. The minimum atomic E-state index is -0.338. The lowest BCUT2D eigenvalue weighted by atomic mass is 10.1. The molecule has 0 radical (unpaired) electrons. The number of halogens is 1. The molecule has 5 heteroatoms. The summed E-state index contributed by atoms with van der Waals surface area (Å²) in [6, 6.07) is 4.96. The summed E-state index contributed by atoms with van der Waals surface area (Å²) in [5.41, 5.74) is 0. The second kappa shape index (κ2) is 5.16. The number of likely N-dealkylation sites (tertiary alicyclic amines) is 1. The van der Waals surface area contributed by atoms with Crippen LogP contribution in [0.1, 0.15) is 19.3 Å². The number of carbonyl (C=O) groups is 1.